The fourth-order valence-electron chi connectivity index (χ4n) is 5.32. The normalized spacial score (nSPS) is 16.7. The van der Waals surface area contributed by atoms with Crippen molar-refractivity contribution in [3.63, 3.8) is 0 Å². The first-order chi connectivity index (χ1) is 21.0. The first-order valence-corrected chi connectivity index (χ1v) is 15.9. The number of carbonyl (C=O) groups is 2. The lowest BCUT2D eigenvalue weighted by Gasteiger charge is -2.24. The number of Topliss-reactive ketones (excluding diaryl/α,β-unsaturated/α-hetero) is 1. The van der Waals surface area contributed by atoms with Gasteiger partial charge in [-0.1, -0.05) is 123 Å². The number of halogens is 1. The highest BCUT2D eigenvalue weighted by Gasteiger charge is 2.48. The van der Waals surface area contributed by atoms with Gasteiger partial charge in [-0.25, -0.2) is 4.39 Å². The topological polar surface area (TPSA) is 83.4 Å². The largest absolute Gasteiger partial charge is 0.507 e. The van der Waals surface area contributed by atoms with E-state index in [2.05, 4.69) is 55.2 Å². The van der Waals surface area contributed by atoms with Gasteiger partial charge in [0.1, 0.15) is 11.6 Å². The van der Waals surface area contributed by atoms with Crippen LogP contribution in [0.4, 0.5) is 9.52 Å². The molecule has 6 nitrogen and oxygen atoms in total. The Balaban J connectivity index is 1.39. The number of thioether (sulfide) groups is 1. The molecule has 0 spiro atoms. The summed E-state index contributed by atoms with van der Waals surface area (Å²) >= 11 is 2.71. The third-order valence-electron chi connectivity index (χ3n) is 7.82. The van der Waals surface area contributed by atoms with Crippen molar-refractivity contribution in [3.05, 3.63) is 124 Å². The first-order valence-electron chi connectivity index (χ1n) is 14.1. The molecule has 0 saturated carbocycles. The Kier molecular flexibility index (Phi) is 7.86. The molecule has 4 aromatic carbocycles. The molecule has 1 aliphatic rings. The average Bonchev–Trinajstić information content (AvgIpc) is 3.58. The number of aromatic nitrogens is 2. The SMILES string of the molecule is Cc1ccc(C(O)=C2C(=O)C(=O)N(c3nnc(SCc4cccc5ccccc45)s3)C2c2ccc(C(C)(C)C)cc2)cc1F. The van der Waals surface area contributed by atoms with E-state index in [0.717, 1.165) is 21.9 Å². The van der Waals surface area contributed by atoms with E-state index in [1.54, 1.807) is 6.92 Å². The summed E-state index contributed by atoms with van der Waals surface area (Å²) in [6, 6.07) is 25.2. The van der Waals surface area contributed by atoms with Gasteiger partial charge in [0.05, 0.1) is 11.6 Å². The first kappa shape index (κ1) is 29.7. The molecular formula is C35H30FN3O3S2. The highest BCUT2D eigenvalue weighted by molar-refractivity contribution is 8.00. The third kappa shape index (κ3) is 5.53. The molecule has 0 bridgehead atoms. The standard InChI is InChI=1S/C35H30FN3O3S2/c1-20-12-13-23(18-27(20)36)30(40)28-29(22-14-16-25(17-15-22)35(2,3)4)39(32(42)31(28)41)33-37-38-34(44-33)43-19-24-10-7-9-21-8-5-6-11-26(21)24/h5-18,29,40H,19H2,1-4H3. The predicted molar refractivity (Wildman–Crippen MR) is 174 cm³/mol. The summed E-state index contributed by atoms with van der Waals surface area (Å²) in [5.74, 6) is -2.01. The van der Waals surface area contributed by atoms with Crippen molar-refractivity contribution in [2.45, 2.75) is 49.2 Å². The molecule has 5 aromatic rings. The number of rotatable bonds is 6. The smallest absolute Gasteiger partial charge is 0.301 e. The zero-order valence-corrected chi connectivity index (χ0v) is 26.3. The lowest BCUT2D eigenvalue weighted by Crippen LogP contribution is -2.29. The van der Waals surface area contributed by atoms with Crippen LogP contribution in [0.15, 0.2) is 94.8 Å². The maximum absolute atomic E-state index is 14.5. The summed E-state index contributed by atoms with van der Waals surface area (Å²) < 4.78 is 15.1. The Morgan fingerprint density at radius 3 is 2.43 bits per heavy atom. The maximum atomic E-state index is 14.5. The monoisotopic (exact) mass is 623 g/mol. The van der Waals surface area contributed by atoms with Gasteiger partial charge in [-0.15, -0.1) is 10.2 Å². The number of amides is 1. The van der Waals surface area contributed by atoms with Gasteiger partial charge in [-0.2, -0.15) is 0 Å². The van der Waals surface area contributed by atoms with Crippen LogP contribution in [0.3, 0.4) is 0 Å². The van der Waals surface area contributed by atoms with Crippen LogP contribution in [-0.4, -0.2) is 27.0 Å². The number of fused-ring (bicyclic) bond motifs is 1. The molecule has 1 unspecified atom stereocenters. The molecule has 1 amide bonds. The van der Waals surface area contributed by atoms with E-state index < -0.39 is 29.3 Å². The minimum Gasteiger partial charge on any atom is -0.507 e. The molecule has 1 saturated heterocycles. The predicted octanol–water partition coefficient (Wildman–Crippen LogP) is 8.35. The molecule has 1 fully saturated rings. The number of aliphatic hydroxyl groups is 1. The number of benzene rings is 4. The van der Waals surface area contributed by atoms with Crippen LogP contribution in [0.25, 0.3) is 16.5 Å². The molecule has 1 N–H and O–H groups in total. The molecule has 1 aromatic heterocycles. The summed E-state index contributed by atoms with van der Waals surface area (Å²) in [6.07, 6.45) is 0. The number of aryl methyl sites for hydroxylation is 1. The second kappa shape index (κ2) is 11.6. The lowest BCUT2D eigenvalue weighted by molar-refractivity contribution is -0.132. The Labute approximate surface area is 263 Å². The maximum Gasteiger partial charge on any atom is 0.301 e. The van der Waals surface area contributed by atoms with E-state index in [0.29, 0.717) is 21.2 Å². The Morgan fingerprint density at radius 1 is 0.977 bits per heavy atom. The number of carbonyl (C=O) groups excluding carboxylic acids is 2. The Hall–Kier alpha value is -4.34. The summed E-state index contributed by atoms with van der Waals surface area (Å²) in [5, 5.41) is 22.6. The number of nitrogens with zero attached hydrogens (tertiary/aromatic N) is 3. The van der Waals surface area contributed by atoms with Crippen LogP contribution in [-0.2, 0) is 20.8 Å². The Bertz CT molecular complexity index is 1940. The highest BCUT2D eigenvalue weighted by atomic mass is 32.2. The second-order valence-corrected chi connectivity index (χ2v) is 14.0. The molecule has 222 valence electrons. The van der Waals surface area contributed by atoms with E-state index in [9.17, 15) is 19.1 Å². The van der Waals surface area contributed by atoms with Gasteiger partial charge in [-0.05, 0) is 51.4 Å². The Morgan fingerprint density at radius 2 is 1.70 bits per heavy atom. The molecule has 1 atom stereocenters. The summed E-state index contributed by atoms with van der Waals surface area (Å²) in [6.45, 7) is 7.90. The fraction of sp³-hybridized carbons (Fsp3) is 0.200. The highest BCUT2D eigenvalue weighted by Crippen LogP contribution is 2.44. The van der Waals surface area contributed by atoms with Crippen LogP contribution in [0.5, 0.6) is 0 Å². The second-order valence-electron chi connectivity index (χ2n) is 11.8. The molecule has 0 aliphatic carbocycles. The summed E-state index contributed by atoms with van der Waals surface area (Å²) in [5.41, 5.74) is 3.12. The van der Waals surface area contributed by atoms with Crippen molar-refractivity contribution in [2.24, 2.45) is 0 Å². The van der Waals surface area contributed by atoms with Crippen LogP contribution in [0.2, 0.25) is 0 Å². The van der Waals surface area contributed by atoms with Gasteiger partial charge in [-0.3, -0.25) is 14.5 Å². The van der Waals surface area contributed by atoms with Crippen LogP contribution >= 0.6 is 23.1 Å². The van der Waals surface area contributed by atoms with Gasteiger partial charge in [0, 0.05) is 11.3 Å². The molecule has 9 heteroatoms. The molecule has 0 radical (unpaired) electrons. The van der Waals surface area contributed by atoms with E-state index in [1.807, 2.05) is 42.5 Å². The van der Waals surface area contributed by atoms with E-state index >= 15 is 0 Å². The number of hydrogen-bond acceptors (Lipinski definition) is 7. The number of anilines is 1. The van der Waals surface area contributed by atoms with Crippen molar-refractivity contribution in [1.29, 1.82) is 0 Å². The molecule has 6 rings (SSSR count). The van der Waals surface area contributed by atoms with E-state index in [1.165, 1.54) is 46.2 Å². The zero-order valence-electron chi connectivity index (χ0n) is 24.7. The van der Waals surface area contributed by atoms with Gasteiger partial charge in [0.2, 0.25) is 5.13 Å². The minimum absolute atomic E-state index is 0.116. The number of aliphatic hydroxyl groups excluding tert-OH is 1. The van der Waals surface area contributed by atoms with Crippen molar-refractivity contribution in [3.8, 4) is 0 Å². The van der Waals surface area contributed by atoms with Crippen molar-refractivity contribution < 1.29 is 19.1 Å². The van der Waals surface area contributed by atoms with Crippen LogP contribution in [0.1, 0.15) is 54.6 Å². The lowest BCUT2D eigenvalue weighted by atomic mass is 9.85. The third-order valence-corrected chi connectivity index (χ3v) is 9.92. The van der Waals surface area contributed by atoms with Crippen molar-refractivity contribution >= 4 is 56.5 Å². The average molecular weight is 624 g/mol. The van der Waals surface area contributed by atoms with Crippen molar-refractivity contribution in [2.75, 3.05) is 4.90 Å². The van der Waals surface area contributed by atoms with Gasteiger partial charge < -0.3 is 5.11 Å². The molecule has 2 heterocycles. The van der Waals surface area contributed by atoms with Crippen LogP contribution < -0.4 is 4.90 Å². The van der Waals surface area contributed by atoms with Gasteiger partial charge in [0.15, 0.2) is 4.34 Å². The summed E-state index contributed by atoms with van der Waals surface area (Å²) in [4.78, 5) is 28.5. The van der Waals surface area contributed by atoms with Gasteiger partial charge >= 0.3 is 5.91 Å². The number of hydrogen-bond donors (Lipinski definition) is 1. The van der Waals surface area contributed by atoms with Gasteiger partial charge in [0.25, 0.3) is 5.78 Å². The van der Waals surface area contributed by atoms with E-state index in [-0.39, 0.29) is 21.7 Å². The quantitative estimate of drug-likeness (QED) is 0.0673. The fourth-order valence-corrected chi connectivity index (χ4v) is 7.19. The molecule has 44 heavy (non-hydrogen) atoms. The minimum atomic E-state index is -0.975. The summed E-state index contributed by atoms with van der Waals surface area (Å²) in [7, 11) is 0. The molecular weight excluding hydrogens is 594 g/mol. The number of ketones is 1. The van der Waals surface area contributed by atoms with E-state index in [4.69, 9.17) is 0 Å². The van der Waals surface area contributed by atoms with Crippen LogP contribution in [0, 0.1) is 12.7 Å². The van der Waals surface area contributed by atoms with Crippen molar-refractivity contribution in [1.82, 2.24) is 10.2 Å². The molecule has 1 aliphatic heterocycles. The zero-order chi connectivity index (χ0) is 31.2.